The van der Waals surface area contributed by atoms with Crippen LogP contribution in [0, 0.1) is 0 Å². The summed E-state index contributed by atoms with van der Waals surface area (Å²) in [7, 11) is 0. The van der Waals surface area contributed by atoms with Crippen molar-refractivity contribution in [3.63, 3.8) is 0 Å². The molecular weight excluding hydrogens is 160 g/mol. The van der Waals surface area contributed by atoms with Gasteiger partial charge in [-0.15, -0.1) is 0 Å². The Balaban J connectivity index is 1.94. The fourth-order valence-electron chi connectivity index (χ4n) is 2.53. The second-order valence-corrected chi connectivity index (χ2v) is 5.02. The van der Waals surface area contributed by atoms with E-state index in [4.69, 9.17) is 5.73 Å². The maximum Gasteiger partial charge on any atom is 0.0285 e. The molecule has 0 aromatic rings. The summed E-state index contributed by atoms with van der Waals surface area (Å²) in [5, 5.41) is 0. The quantitative estimate of drug-likeness (QED) is 0.720. The summed E-state index contributed by atoms with van der Waals surface area (Å²) < 4.78 is 0. The van der Waals surface area contributed by atoms with Crippen LogP contribution >= 0.6 is 0 Å². The number of hydrogen-bond acceptors (Lipinski definition) is 2. The van der Waals surface area contributed by atoms with Crippen LogP contribution in [-0.2, 0) is 0 Å². The van der Waals surface area contributed by atoms with E-state index in [1.807, 2.05) is 0 Å². The van der Waals surface area contributed by atoms with Crippen molar-refractivity contribution >= 4 is 0 Å². The van der Waals surface area contributed by atoms with Crippen molar-refractivity contribution < 1.29 is 0 Å². The fraction of sp³-hybridized carbons (Fsp3) is 1.00. The first kappa shape index (κ1) is 9.47. The maximum absolute atomic E-state index is 6.16. The molecule has 1 heterocycles. The first-order valence-electron chi connectivity index (χ1n) is 5.69. The number of likely N-dealkylation sites (tertiary alicyclic amines) is 1. The van der Waals surface area contributed by atoms with Crippen LogP contribution in [0.1, 0.15) is 46.0 Å². The Morgan fingerprint density at radius 1 is 1.38 bits per heavy atom. The second kappa shape index (κ2) is 3.25. The minimum Gasteiger partial charge on any atom is -0.324 e. The van der Waals surface area contributed by atoms with Crippen LogP contribution < -0.4 is 5.73 Å². The topological polar surface area (TPSA) is 29.3 Å². The van der Waals surface area contributed by atoms with Gasteiger partial charge in [-0.25, -0.2) is 0 Å². The minimum absolute atomic E-state index is 0.200. The zero-order chi connectivity index (χ0) is 9.47. The average molecular weight is 182 g/mol. The predicted octanol–water partition coefficient (Wildman–Crippen LogP) is 1.74. The van der Waals surface area contributed by atoms with E-state index >= 15 is 0 Å². The average Bonchev–Trinajstić information content (AvgIpc) is 2.72. The Labute approximate surface area is 81.5 Å². The smallest absolute Gasteiger partial charge is 0.0285 e. The van der Waals surface area contributed by atoms with Crippen molar-refractivity contribution in [2.75, 3.05) is 6.54 Å². The molecule has 0 spiro atoms. The lowest BCUT2D eigenvalue weighted by Crippen LogP contribution is -2.44. The van der Waals surface area contributed by atoms with Gasteiger partial charge in [0, 0.05) is 24.2 Å². The van der Waals surface area contributed by atoms with Gasteiger partial charge in [0.15, 0.2) is 0 Å². The molecule has 0 aromatic carbocycles. The lowest BCUT2D eigenvalue weighted by molar-refractivity contribution is 0.181. The molecule has 2 atom stereocenters. The van der Waals surface area contributed by atoms with E-state index in [2.05, 4.69) is 18.7 Å². The SMILES string of the molecule is CCC1CCC(C)N1CC1(N)CC1. The van der Waals surface area contributed by atoms with Crippen molar-refractivity contribution in [1.82, 2.24) is 4.90 Å². The Bertz CT molecular complexity index is 187. The summed E-state index contributed by atoms with van der Waals surface area (Å²) in [6.45, 7) is 5.79. The fourth-order valence-corrected chi connectivity index (χ4v) is 2.53. The number of rotatable bonds is 3. The molecule has 13 heavy (non-hydrogen) atoms. The highest BCUT2D eigenvalue weighted by Crippen LogP contribution is 2.37. The van der Waals surface area contributed by atoms with Gasteiger partial charge in [0.2, 0.25) is 0 Å². The van der Waals surface area contributed by atoms with Gasteiger partial charge in [-0.2, -0.15) is 0 Å². The van der Waals surface area contributed by atoms with Crippen molar-refractivity contribution in [2.45, 2.75) is 63.6 Å². The van der Waals surface area contributed by atoms with Crippen LogP contribution in [-0.4, -0.2) is 29.1 Å². The van der Waals surface area contributed by atoms with Crippen LogP contribution in [0.4, 0.5) is 0 Å². The van der Waals surface area contributed by atoms with Crippen molar-refractivity contribution in [1.29, 1.82) is 0 Å². The summed E-state index contributed by atoms with van der Waals surface area (Å²) in [6.07, 6.45) is 6.53. The first-order chi connectivity index (χ1) is 6.14. The molecule has 2 fully saturated rings. The lowest BCUT2D eigenvalue weighted by Gasteiger charge is -2.30. The molecule has 0 amide bonds. The Morgan fingerprint density at radius 2 is 2.08 bits per heavy atom. The van der Waals surface area contributed by atoms with Gasteiger partial charge in [0.1, 0.15) is 0 Å². The normalized spacial score (nSPS) is 38.1. The first-order valence-corrected chi connectivity index (χ1v) is 5.69. The molecule has 2 rings (SSSR count). The lowest BCUT2D eigenvalue weighted by atomic mass is 10.1. The molecule has 0 radical (unpaired) electrons. The highest BCUT2D eigenvalue weighted by atomic mass is 15.2. The van der Waals surface area contributed by atoms with Crippen molar-refractivity contribution in [3.05, 3.63) is 0 Å². The van der Waals surface area contributed by atoms with E-state index in [0.29, 0.717) is 0 Å². The zero-order valence-corrected chi connectivity index (χ0v) is 8.92. The highest BCUT2D eigenvalue weighted by molar-refractivity contribution is 5.03. The van der Waals surface area contributed by atoms with Crippen molar-refractivity contribution in [2.24, 2.45) is 5.73 Å². The Hall–Kier alpha value is -0.0800. The highest BCUT2D eigenvalue weighted by Gasteiger charge is 2.43. The Kier molecular flexibility index (Phi) is 2.37. The zero-order valence-electron chi connectivity index (χ0n) is 8.92. The van der Waals surface area contributed by atoms with Crippen LogP contribution in [0.25, 0.3) is 0 Å². The minimum atomic E-state index is 0.200. The molecule has 1 aliphatic carbocycles. The van der Waals surface area contributed by atoms with Crippen LogP contribution in [0.3, 0.4) is 0 Å². The molecule has 2 unspecified atom stereocenters. The number of nitrogens with two attached hydrogens (primary N) is 1. The van der Waals surface area contributed by atoms with Gasteiger partial charge in [-0.1, -0.05) is 6.92 Å². The molecule has 0 bridgehead atoms. The van der Waals surface area contributed by atoms with Gasteiger partial charge in [0.25, 0.3) is 0 Å². The number of nitrogens with zero attached hydrogens (tertiary/aromatic N) is 1. The standard InChI is InChI=1S/C11H22N2/c1-3-10-5-4-9(2)13(10)8-11(12)6-7-11/h9-10H,3-8,12H2,1-2H3. The third-order valence-corrected chi connectivity index (χ3v) is 3.81. The molecule has 1 saturated heterocycles. The van der Waals surface area contributed by atoms with E-state index in [-0.39, 0.29) is 5.54 Å². The van der Waals surface area contributed by atoms with Crippen LogP contribution in [0.15, 0.2) is 0 Å². The van der Waals surface area contributed by atoms with Gasteiger partial charge in [0.05, 0.1) is 0 Å². The summed E-state index contributed by atoms with van der Waals surface area (Å²) >= 11 is 0. The van der Waals surface area contributed by atoms with Gasteiger partial charge in [-0.05, 0) is 39.0 Å². The van der Waals surface area contributed by atoms with Gasteiger partial charge >= 0.3 is 0 Å². The summed E-state index contributed by atoms with van der Waals surface area (Å²) in [5.41, 5.74) is 6.36. The molecule has 1 aliphatic heterocycles. The summed E-state index contributed by atoms with van der Waals surface area (Å²) in [5.74, 6) is 0. The third-order valence-electron chi connectivity index (χ3n) is 3.81. The summed E-state index contributed by atoms with van der Waals surface area (Å²) in [4.78, 5) is 2.65. The van der Waals surface area contributed by atoms with E-state index in [0.717, 1.165) is 18.6 Å². The van der Waals surface area contributed by atoms with Gasteiger partial charge < -0.3 is 5.73 Å². The van der Waals surface area contributed by atoms with Gasteiger partial charge in [-0.3, -0.25) is 4.90 Å². The molecule has 2 heteroatoms. The van der Waals surface area contributed by atoms with Crippen molar-refractivity contribution in [3.8, 4) is 0 Å². The molecule has 1 saturated carbocycles. The monoisotopic (exact) mass is 182 g/mol. The largest absolute Gasteiger partial charge is 0.324 e. The molecule has 2 nitrogen and oxygen atoms in total. The van der Waals surface area contributed by atoms with E-state index in [9.17, 15) is 0 Å². The Morgan fingerprint density at radius 3 is 2.62 bits per heavy atom. The van der Waals surface area contributed by atoms with Crippen LogP contribution in [0.2, 0.25) is 0 Å². The maximum atomic E-state index is 6.16. The third kappa shape index (κ3) is 1.89. The van der Waals surface area contributed by atoms with E-state index in [1.165, 1.54) is 32.1 Å². The number of hydrogen-bond donors (Lipinski definition) is 1. The summed E-state index contributed by atoms with van der Waals surface area (Å²) in [6, 6.07) is 1.59. The predicted molar refractivity (Wildman–Crippen MR) is 55.6 cm³/mol. The molecule has 0 aromatic heterocycles. The van der Waals surface area contributed by atoms with Crippen LogP contribution in [0.5, 0.6) is 0 Å². The second-order valence-electron chi connectivity index (χ2n) is 5.02. The van der Waals surface area contributed by atoms with E-state index in [1.54, 1.807) is 0 Å². The molecular formula is C11H22N2. The van der Waals surface area contributed by atoms with E-state index < -0.39 is 0 Å². The molecule has 2 aliphatic rings. The molecule has 76 valence electrons. The molecule has 2 N–H and O–H groups in total.